The van der Waals surface area contributed by atoms with Crippen LogP contribution in [0.25, 0.3) is 0 Å². The lowest BCUT2D eigenvalue weighted by Crippen LogP contribution is -1.62. The van der Waals surface area contributed by atoms with E-state index in [0.29, 0.717) is 0 Å². The van der Waals surface area contributed by atoms with Crippen LogP contribution in [0.5, 0.6) is 0 Å². The molecule has 10 heavy (non-hydrogen) atoms. The van der Waals surface area contributed by atoms with Gasteiger partial charge in [0, 0.05) is 0 Å². The summed E-state index contributed by atoms with van der Waals surface area (Å²) in [6.45, 7) is 2.08. The van der Waals surface area contributed by atoms with E-state index >= 15 is 0 Å². The highest BCUT2D eigenvalue weighted by molar-refractivity contribution is 7.16. The number of hydrogen-bond donors (Lipinski definition) is 1. The summed E-state index contributed by atoms with van der Waals surface area (Å²) in [5, 5.41) is 0. The number of aryl methyl sites for hydroxylation is 1. The van der Waals surface area contributed by atoms with Gasteiger partial charge in [0.2, 0.25) is 0 Å². The molecule has 0 aromatic heterocycles. The molecule has 1 rings (SSSR count). The number of hydrogen-bond acceptors (Lipinski definition) is 1. The standard InChI is InChI=1S/C7H8.HO2P/c1-7-5-3-2-4-6-7;1-3-2/h2-6H,1H3;3H/p+1. The van der Waals surface area contributed by atoms with Gasteiger partial charge in [-0.15, -0.1) is 0 Å². The summed E-state index contributed by atoms with van der Waals surface area (Å²) in [5.41, 5.74) is 1.32. The Bertz CT molecular complexity index is 174. The number of rotatable bonds is 0. The predicted octanol–water partition coefficient (Wildman–Crippen LogP) is 1.91. The van der Waals surface area contributed by atoms with Gasteiger partial charge in [0.25, 0.3) is 0 Å². The van der Waals surface area contributed by atoms with Crippen molar-refractivity contribution in [2.45, 2.75) is 6.92 Å². The molecule has 0 radical (unpaired) electrons. The SMILES string of the molecule is Cc1ccccc1.O=[PH+]O. The van der Waals surface area contributed by atoms with Crippen LogP contribution in [-0.2, 0) is 4.57 Å². The molecule has 0 bridgehead atoms. The molecule has 0 aliphatic carbocycles. The molecule has 0 saturated heterocycles. The van der Waals surface area contributed by atoms with Gasteiger partial charge in [0.1, 0.15) is 0 Å². The maximum absolute atomic E-state index is 8.51. The molecule has 0 aliphatic rings. The van der Waals surface area contributed by atoms with Crippen LogP contribution in [0.1, 0.15) is 5.56 Å². The van der Waals surface area contributed by atoms with E-state index in [2.05, 4.69) is 19.1 Å². The fourth-order valence-corrected chi connectivity index (χ4v) is 0.534. The normalized spacial score (nSPS) is 8.20. The first kappa shape index (κ1) is 9.28. The first-order chi connectivity index (χ1) is 4.81. The zero-order valence-corrected chi connectivity index (χ0v) is 6.74. The fourth-order valence-electron chi connectivity index (χ4n) is 0.534. The van der Waals surface area contributed by atoms with Gasteiger partial charge in [-0.05, 0) is 11.5 Å². The van der Waals surface area contributed by atoms with Crippen molar-refractivity contribution < 1.29 is 9.46 Å². The minimum absolute atomic E-state index is 1.17. The van der Waals surface area contributed by atoms with Gasteiger partial charge in [-0.1, -0.05) is 35.9 Å². The third kappa shape index (κ3) is 5.42. The second-order valence-corrected chi connectivity index (χ2v) is 1.93. The van der Waals surface area contributed by atoms with Crippen molar-refractivity contribution in [1.29, 1.82) is 0 Å². The average molecular weight is 157 g/mol. The summed E-state index contributed by atoms with van der Waals surface area (Å²) in [6, 6.07) is 10.3. The Hall–Kier alpha value is -0.720. The Morgan fingerprint density at radius 2 is 1.70 bits per heavy atom. The quantitative estimate of drug-likeness (QED) is 0.584. The summed E-state index contributed by atoms with van der Waals surface area (Å²) in [7, 11) is -1.17. The molecule has 0 fully saturated rings. The summed E-state index contributed by atoms with van der Waals surface area (Å²) in [5.74, 6) is 0. The highest BCUT2D eigenvalue weighted by atomic mass is 31.1. The maximum Gasteiger partial charge on any atom is 0.491 e. The van der Waals surface area contributed by atoms with Gasteiger partial charge in [-0.3, -0.25) is 0 Å². The fraction of sp³-hybridized carbons (Fsp3) is 0.143. The monoisotopic (exact) mass is 157 g/mol. The van der Waals surface area contributed by atoms with E-state index in [1.807, 2.05) is 18.2 Å². The van der Waals surface area contributed by atoms with Crippen molar-refractivity contribution >= 4 is 8.69 Å². The van der Waals surface area contributed by atoms with Crippen LogP contribution in [0.3, 0.4) is 0 Å². The molecule has 1 aromatic rings. The van der Waals surface area contributed by atoms with E-state index in [9.17, 15) is 0 Å². The van der Waals surface area contributed by atoms with Gasteiger partial charge in [-0.25, -0.2) is 0 Å². The average Bonchev–Trinajstić information content (AvgIpc) is 1.91. The Kier molecular flexibility index (Phi) is 5.94. The largest absolute Gasteiger partial charge is 0.491 e. The second kappa shape index (κ2) is 6.40. The van der Waals surface area contributed by atoms with Crippen molar-refractivity contribution in [3.05, 3.63) is 35.9 Å². The minimum atomic E-state index is -1.17. The van der Waals surface area contributed by atoms with E-state index in [-0.39, 0.29) is 0 Å². The van der Waals surface area contributed by atoms with Crippen LogP contribution >= 0.6 is 8.69 Å². The topological polar surface area (TPSA) is 37.3 Å². The van der Waals surface area contributed by atoms with Crippen molar-refractivity contribution in [2.75, 3.05) is 0 Å². The molecule has 0 saturated carbocycles. The molecule has 1 aromatic carbocycles. The smallest absolute Gasteiger partial charge is 0.162 e. The van der Waals surface area contributed by atoms with E-state index < -0.39 is 8.69 Å². The van der Waals surface area contributed by atoms with Gasteiger partial charge >= 0.3 is 8.69 Å². The lowest BCUT2D eigenvalue weighted by Gasteiger charge is -1.82. The molecule has 54 valence electrons. The zero-order chi connectivity index (χ0) is 7.82. The lowest BCUT2D eigenvalue weighted by atomic mass is 10.2. The Morgan fingerprint density at radius 3 is 1.90 bits per heavy atom. The summed E-state index contributed by atoms with van der Waals surface area (Å²) in [4.78, 5) is 7.04. The predicted molar refractivity (Wildman–Crippen MR) is 42.4 cm³/mol. The number of benzene rings is 1. The van der Waals surface area contributed by atoms with E-state index in [4.69, 9.17) is 9.46 Å². The third-order valence-electron chi connectivity index (χ3n) is 0.940. The Labute approximate surface area is 61.8 Å². The van der Waals surface area contributed by atoms with Crippen molar-refractivity contribution in [1.82, 2.24) is 0 Å². The molecule has 1 unspecified atom stereocenters. The summed E-state index contributed by atoms with van der Waals surface area (Å²) >= 11 is 0. The van der Waals surface area contributed by atoms with E-state index in [1.165, 1.54) is 5.56 Å². The Morgan fingerprint density at radius 1 is 1.30 bits per heavy atom. The van der Waals surface area contributed by atoms with Crippen LogP contribution in [0.2, 0.25) is 0 Å². The molecule has 3 heteroatoms. The van der Waals surface area contributed by atoms with Crippen LogP contribution in [0.15, 0.2) is 30.3 Å². The molecule has 2 nitrogen and oxygen atoms in total. The lowest BCUT2D eigenvalue weighted by molar-refractivity contribution is 0.524. The first-order valence-corrected chi connectivity index (χ1v) is 3.69. The molecule has 1 N–H and O–H groups in total. The van der Waals surface area contributed by atoms with Gasteiger partial charge in [0.05, 0.1) is 0 Å². The summed E-state index contributed by atoms with van der Waals surface area (Å²) < 4.78 is 8.51. The highest BCUT2D eigenvalue weighted by Gasteiger charge is 1.72. The van der Waals surface area contributed by atoms with E-state index in [0.717, 1.165) is 0 Å². The highest BCUT2D eigenvalue weighted by Crippen LogP contribution is 1.92. The van der Waals surface area contributed by atoms with Gasteiger partial charge in [0.15, 0.2) is 0 Å². The minimum Gasteiger partial charge on any atom is -0.162 e. The van der Waals surface area contributed by atoms with Crippen LogP contribution in [-0.4, -0.2) is 4.89 Å². The molecular weight excluding hydrogens is 147 g/mol. The van der Waals surface area contributed by atoms with Gasteiger partial charge in [-0.2, -0.15) is 4.89 Å². The van der Waals surface area contributed by atoms with Crippen molar-refractivity contribution in [3.63, 3.8) is 0 Å². The van der Waals surface area contributed by atoms with E-state index in [1.54, 1.807) is 0 Å². The second-order valence-electron chi connectivity index (χ2n) is 1.75. The molecular formula is C7H10O2P+. The van der Waals surface area contributed by atoms with Gasteiger partial charge < -0.3 is 0 Å². The molecule has 0 aliphatic heterocycles. The first-order valence-electron chi connectivity index (χ1n) is 2.84. The molecule has 0 heterocycles. The maximum atomic E-state index is 8.51. The Balaban J connectivity index is 0.000000236. The van der Waals surface area contributed by atoms with Crippen LogP contribution in [0.4, 0.5) is 0 Å². The molecule has 0 amide bonds. The molecule has 1 atom stereocenters. The van der Waals surface area contributed by atoms with Crippen molar-refractivity contribution in [3.8, 4) is 0 Å². The van der Waals surface area contributed by atoms with Crippen LogP contribution < -0.4 is 0 Å². The van der Waals surface area contributed by atoms with Crippen molar-refractivity contribution in [2.24, 2.45) is 0 Å². The summed E-state index contributed by atoms with van der Waals surface area (Å²) in [6.07, 6.45) is 0. The zero-order valence-electron chi connectivity index (χ0n) is 5.74. The van der Waals surface area contributed by atoms with Crippen LogP contribution in [0, 0.1) is 6.92 Å². The third-order valence-corrected chi connectivity index (χ3v) is 0.940. The molecule has 0 spiro atoms.